The lowest BCUT2D eigenvalue weighted by molar-refractivity contribution is 0.0706. The molecule has 3 N–H and O–H groups in total. The molecule has 0 saturated heterocycles. The van der Waals surface area contributed by atoms with Crippen molar-refractivity contribution in [1.82, 2.24) is 20.6 Å². The van der Waals surface area contributed by atoms with Crippen molar-refractivity contribution in [3.63, 3.8) is 0 Å². The van der Waals surface area contributed by atoms with Crippen molar-refractivity contribution in [3.8, 4) is 5.69 Å². The molecule has 30 heavy (non-hydrogen) atoms. The van der Waals surface area contributed by atoms with E-state index in [1.54, 1.807) is 40.6 Å². The summed E-state index contributed by atoms with van der Waals surface area (Å²) in [5.41, 5.74) is 4.68. The number of amides is 2. The predicted molar refractivity (Wildman–Crippen MR) is 114 cm³/mol. The molecule has 0 bridgehead atoms. The topological polar surface area (TPSA) is 96.2 Å². The molecular weight excluding hydrogens is 380 g/mol. The summed E-state index contributed by atoms with van der Waals surface area (Å²) in [6.07, 6.45) is 1.58. The van der Waals surface area contributed by atoms with Crippen molar-refractivity contribution in [2.75, 3.05) is 0 Å². The standard InChI is InChI=1S/C23H26N4O3/c1-15-19(14-24-27(15)18-8-6-5-7-9-18)22(29)25-20(23(2,3)4)16-10-12-17(13-11-16)21(28)26-30/h5-14,20,30H,1-4H3,(H,25,29)(H,26,28). The zero-order valence-corrected chi connectivity index (χ0v) is 17.5. The van der Waals surface area contributed by atoms with Gasteiger partial charge in [-0.1, -0.05) is 51.1 Å². The molecule has 0 aliphatic heterocycles. The largest absolute Gasteiger partial charge is 0.345 e. The fourth-order valence-electron chi connectivity index (χ4n) is 3.36. The molecule has 0 radical (unpaired) electrons. The lowest BCUT2D eigenvalue weighted by Gasteiger charge is -2.32. The first-order chi connectivity index (χ1) is 14.2. The molecule has 7 nitrogen and oxygen atoms in total. The number of rotatable bonds is 5. The Bertz CT molecular complexity index is 1030. The average Bonchev–Trinajstić information content (AvgIpc) is 3.12. The first-order valence-corrected chi connectivity index (χ1v) is 9.67. The van der Waals surface area contributed by atoms with Gasteiger partial charge in [0.25, 0.3) is 11.8 Å². The summed E-state index contributed by atoms with van der Waals surface area (Å²) in [5.74, 6) is -0.798. The molecule has 0 saturated carbocycles. The Morgan fingerprint density at radius 2 is 1.63 bits per heavy atom. The van der Waals surface area contributed by atoms with E-state index in [1.165, 1.54) is 0 Å². The number of aromatic nitrogens is 2. The van der Waals surface area contributed by atoms with Crippen LogP contribution in [0.3, 0.4) is 0 Å². The smallest absolute Gasteiger partial charge is 0.274 e. The van der Waals surface area contributed by atoms with E-state index in [9.17, 15) is 9.59 Å². The molecule has 1 atom stereocenters. The monoisotopic (exact) mass is 406 g/mol. The van der Waals surface area contributed by atoms with Crippen LogP contribution >= 0.6 is 0 Å². The number of para-hydroxylation sites is 1. The van der Waals surface area contributed by atoms with Crippen LogP contribution in [0.2, 0.25) is 0 Å². The Hall–Kier alpha value is -3.45. The maximum Gasteiger partial charge on any atom is 0.274 e. The summed E-state index contributed by atoms with van der Waals surface area (Å²) in [7, 11) is 0. The minimum absolute atomic E-state index is 0.216. The van der Waals surface area contributed by atoms with Gasteiger partial charge < -0.3 is 5.32 Å². The number of hydroxylamine groups is 1. The normalized spacial score (nSPS) is 12.3. The van der Waals surface area contributed by atoms with Crippen molar-refractivity contribution in [2.45, 2.75) is 33.7 Å². The molecular formula is C23H26N4O3. The summed E-state index contributed by atoms with van der Waals surface area (Å²) in [6, 6.07) is 16.1. The second kappa shape index (κ2) is 8.51. The fourth-order valence-corrected chi connectivity index (χ4v) is 3.36. The minimum Gasteiger partial charge on any atom is -0.345 e. The third-order valence-electron chi connectivity index (χ3n) is 5.00. The zero-order valence-electron chi connectivity index (χ0n) is 17.5. The average molecular weight is 406 g/mol. The Balaban J connectivity index is 1.87. The van der Waals surface area contributed by atoms with Gasteiger partial charge in [-0.15, -0.1) is 0 Å². The van der Waals surface area contributed by atoms with Crippen LogP contribution in [0.15, 0.2) is 60.8 Å². The molecule has 0 aliphatic carbocycles. The van der Waals surface area contributed by atoms with Crippen LogP contribution in [0.25, 0.3) is 5.69 Å². The van der Waals surface area contributed by atoms with Crippen LogP contribution < -0.4 is 10.8 Å². The van der Waals surface area contributed by atoms with E-state index in [1.807, 2.05) is 58.0 Å². The molecule has 0 aliphatic rings. The Kier molecular flexibility index (Phi) is 6.03. The molecule has 1 aromatic heterocycles. The van der Waals surface area contributed by atoms with Crippen LogP contribution in [0, 0.1) is 12.3 Å². The SMILES string of the molecule is Cc1c(C(=O)NC(c2ccc(C(=O)NO)cc2)C(C)(C)C)cnn1-c1ccccc1. The molecule has 2 aromatic carbocycles. The van der Waals surface area contributed by atoms with Crippen LogP contribution in [-0.2, 0) is 0 Å². The maximum absolute atomic E-state index is 13.1. The molecule has 1 unspecified atom stereocenters. The van der Waals surface area contributed by atoms with E-state index >= 15 is 0 Å². The number of benzene rings is 2. The second-order valence-corrected chi connectivity index (χ2v) is 8.23. The summed E-state index contributed by atoms with van der Waals surface area (Å²) >= 11 is 0. The van der Waals surface area contributed by atoms with Crippen LogP contribution in [0.1, 0.15) is 58.8 Å². The number of nitrogens with one attached hydrogen (secondary N) is 2. The number of hydrogen-bond donors (Lipinski definition) is 3. The molecule has 2 amide bonds. The lowest BCUT2D eigenvalue weighted by atomic mass is 9.82. The minimum atomic E-state index is -0.582. The van der Waals surface area contributed by atoms with E-state index in [2.05, 4.69) is 10.4 Å². The highest BCUT2D eigenvalue weighted by Gasteiger charge is 2.29. The first kappa shape index (κ1) is 21.3. The number of nitrogens with zero attached hydrogens (tertiary/aromatic N) is 2. The molecule has 7 heteroatoms. The Labute approximate surface area is 175 Å². The maximum atomic E-state index is 13.1. The molecule has 1 heterocycles. The van der Waals surface area contributed by atoms with E-state index < -0.39 is 5.91 Å². The van der Waals surface area contributed by atoms with Crippen molar-refractivity contribution in [1.29, 1.82) is 0 Å². The zero-order chi connectivity index (χ0) is 21.9. The number of hydrogen-bond acceptors (Lipinski definition) is 4. The Morgan fingerprint density at radius 1 is 1.00 bits per heavy atom. The van der Waals surface area contributed by atoms with Gasteiger partial charge in [-0.05, 0) is 42.2 Å². The van der Waals surface area contributed by atoms with Gasteiger partial charge >= 0.3 is 0 Å². The van der Waals surface area contributed by atoms with Crippen LogP contribution in [0.4, 0.5) is 0 Å². The second-order valence-electron chi connectivity index (χ2n) is 8.23. The molecule has 3 rings (SSSR count). The highest BCUT2D eigenvalue weighted by Crippen LogP contribution is 2.33. The van der Waals surface area contributed by atoms with Gasteiger partial charge in [0.2, 0.25) is 0 Å². The molecule has 156 valence electrons. The van der Waals surface area contributed by atoms with Crippen LogP contribution in [0.5, 0.6) is 0 Å². The van der Waals surface area contributed by atoms with E-state index in [0.29, 0.717) is 11.1 Å². The van der Waals surface area contributed by atoms with Gasteiger partial charge in [0.05, 0.1) is 29.2 Å². The lowest BCUT2D eigenvalue weighted by Crippen LogP contribution is -2.36. The first-order valence-electron chi connectivity index (χ1n) is 9.67. The molecule has 3 aromatic rings. The van der Waals surface area contributed by atoms with Crippen molar-refractivity contribution in [3.05, 3.63) is 83.2 Å². The van der Waals surface area contributed by atoms with E-state index in [-0.39, 0.29) is 17.4 Å². The fraction of sp³-hybridized carbons (Fsp3) is 0.261. The Morgan fingerprint density at radius 3 is 2.20 bits per heavy atom. The van der Waals surface area contributed by atoms with Gasteiger partial charge in [0.15, 0.2) is 0 Å². The number of carbonyl (C=O) groups excluding carboxylic acids is 2. The summed E-state index contributed by atoms with van der Waals surface area (Å²) in [5, 5.41) is 16.3. The predicted octanol–water partition coefficient (Wildman–Crippen LogP) is 3.82. The van der Waals surface area contributed by atoms with E-state index in [0.717, 1.165) is 16.9 Å². The van der Waals surface area contributed by atoms with Crippen molar-refractivity contribution < 1.29 is 14.8 Å². The third kappa shape index (κ3) is 4.41. The van der Waals surface area contributed by atoms with Gasteiger partial charge in [-0.25, -0.2) is 10.2 Å². The summed E-state index contributed by atoms with van der Waals surface area (Å²) in [4.78, 5) is 24.7. The summed E-state index contributed by atoms with van der Waals surface area (Å²) in [6.45, 7) is 7.97. The van der Waals surface area contributed by atoms with Crippen molar-refractivity contribution in [2.24, 2.45) is 5.41 Å². The quantitative estimate of drug-likeness (QED) is 0.443. The molecule has 0 spiro atoms. The molecule has 0 fully saturated rings. The van der Waals surface area contributed by atoms with Gasteiger partial charge in [0.1, 0.15) is 0 Å². The summed E-state index contributed by atoms with van der Waals surface area (Å²) < 4.78 is 1.74. The van der Waals surface area contributed by atoms with Gasteiger partial charge in [0, 0.05) is 5.56 Å². The van der Waals surface area contributed by atoms with Gasteiger partial charge in [-0.3, -0.25) is 14.8 Å². The van der Waals surface area contributed by atoms with E-state index in [4.69, 9.17) is 5.21 Å². The highest BCUT2D eigenvalue weighted by molar-refractivity contribution is 5.95. The van der Waals surface area contributed by atoms with Gasteiger partial charge in [-0.2, -0.15) is 5.10 Å². The number of carbonyl (C=O) groups is 2. The van der Waals surface area contributed by atoms with Crippen molar-refractivity contribution >= 4 is 11.8 Å². The highest BCUT2D eigenvalue weighted by atomic mass is 16.5. The third-order valence-corrected chi connectivity index (χ3v) is 5.00. The van der Waals surface area contributed by atoms with Crippen LogP contribution in [-0.4, -0.2) is 26.8 Å².